The molecule has 0 aliphatic rings. The van der Waals surface area contributed by atoms with Crippen LogP contribution in [-0.4, -0.2) is 40.2 Å². The minimum Gasteiger partial charge on any atom is -0.496 e. The first-order chi connectivity index (χ1) is 8.13. The lowest BCUT2D eigenvalue weighted by Crippen LogP contribution is -2.20. The second kappa shape index (κ2) is 6.56. The van der Waals surface area contributed by atoms with Gasteiger partial charge < -0.3 is 25.2 Å². The van der Waals surface area contributed by atoms with Gasteiger partial charge in [-0.1, -0.05) is 6.07 Å². The summed E-state index contributed by atoms with van der Waals surface area (Å²) < 4.78 is 5.08. The fraction of sp³-hybridized carbons (Fsp3) is 0.500. The fourth-order valence-electron chi connectivity index (χ4n) is 1.61. The number of aliphatic hydroxyl groups is 4. The van der Waals surface area contributed by atoms with E-state index in [1.54, 1.807) is 18.2 Å². The lowest BCUT2D eigenvalue weighted by atomic mass is 9.99. The molecule has 0 fully saturated rings. The van der Waals surface area contributed by atoms with Crippen LogP contribution in [0.3, 0.4) is 0 Å². The fourth-order valence-corrected chi connectivity index (χ4v) is 1.61. The molecule has 96 valence electrons. The van der Waals surface area contributed by atoms with E-state index in [-0.39, 0.29) is 19.6 Å². The van der Waals surface area contributed by atoms with Crippen LogP contribution >= 0.6 is 0 Å². The normalized spacial score (nSPS) is 14.4. The largest absolute Gasteiger partial charge is 0.496 e. The Morgan fingerprint density at radius 2 is 1.94 bits per heavy atom. The highest BCUT2D eigenvalue weighted by Gasteiger charge is 2.21. The molecule has 0 aliphatic carbocycles. The molecule has 4 N–H and O–H groups in total. The molecular weight excluding hydrogens is 224 g/mol. The molecule has 1 aromatic carbocycles. The standard InChI is InChI=1S/C12H18O5/c1-17-11-3-2-8(7-14)6-9(11)12(16)10(15)4-5-13/h2-3,6,10,12-16H,4-5,7H2,1H3. The Kier molecular flexibility index (Phi) is 5.37. The van der Waals surface area contributed by atoms with Crippen molar-refractivity contribution < 1.29 is 25.2 Å². The average Bonchev–Trinajstić information content (AvgIpc) is 2.37. The molecule has 0 aromatic heterocycles. The lowest BCUT2D eigenvalue weighted by Gasteiger charge is -2.20. The Hall–Kier alpha value is -1.14. The van der Waals surface area contributed by atoms with Gasteiger partial charge in [-0.25, -0.2) is 0 Å². The summed E-state index contributed by atoms with van der Waals surface area (Å²) in [6.07, 6.45) is -2.14. The summed E-state index contributed by atoms with van der Waals surface area (Å²) in [6.45, 7) is -0.361. The third-order valence-electron chi connectivity index (χ3n) is 2.58. The van der Waals surface area contributed by atoms with Gasteiger partial charge in [0.25, 0.3) is 0 Å². The monoisotopic (exact) mass is 242 g/mol. The smallest absolute Gasteiger partial charge is 0.124 e. The van der Waals surface area contributed by atoms with Crippen LogP contribution < -0.4 is 4.74 Å². The number of aliphatic hydroxyl groups excluding tert-OH is 4. The van der Waals surface area contributed by atoms with Crippen LogP contribution in [0, 0.1) is 0 Å². The zero-order valence-corrected chi connectivity index (χ0v) is 9.71. The average molecular weight is 242 g/mol. The second-order valence-corrected chi connectivity index (χ2v) is 3.76. The van der Waals surface area contributed by atoms with Crippen molar-refractivity contribution in [2.75, 3.05) is 13.7 Å². The number of ether oxygens (including phenoxy) is 1. The van der Waals surface area contributed by atoms with Crippen molar-refractivity contribution in [1.29, 1.82) is 0 Å². The first-order valence-electron chi connectivity index (χ1n) is 5.38. The Labute approximate surface area is 99.9 Å². The van der Waals surface area contributed by atoms with Gasteiger partial charge in [0.15, 0.2) is 0 Å². The van der Waals surface area contributed by atoms with Crippen molar-refractivity contribution in [3.05, 3.63) is 29.3 Å². The van der Waals surface area contributed by atoms with E-state index in [1.165, 1.54) is 7.11 Å². The van der Waals surface area contributed by atoms with Gasteiger partial charge in [0, 0.05) is 12.2 Å². The van der Waals surface area contributed by atoms with Crippen LogP contribution in [0.15, 0.2) is 18.2 Å². The van der Waals surface area contributed by atoms with Gasteiger partial charge in [-0.3, -0.25) is 0 Å². The van der Waals surface area contributed by atoms with Crippen LogP contribution in [0.1, 0.15) is 23.7 Å². The predicted octanol–water partition coefficient (Wildman–Crippen LogP) is -0.0358. The van der Waals surface area contributed by atoms with Crippen molar-refractivity contribution in [2.24, 2.45) is 0 Å². The molecule has 0 heterocycles. The van der Waals surface area contributed by atoms with Crippen LogP contribution in [0.25, 0.3) is 0 Å². The van der Waals surface area contributed by atoms with Gasteiger partial charge in [-0.05, 0) is 24.1 Å². The zero-order chi connectivity index (χ0) is 12.8. The summed E-state index contributed by atoms with van der Waals surface area (Å²) >= 11 is 0. The summed E-state index contributed by atoms with van der Waals surface area (Å²) in [6, 6.07) is 4.87. The van der Waals surface area contributed by atoms with E-state index >= 15 is 0 Å². The van der Waals surface area contributed by atoms with E-state index in [4.69, 9.17) is 14.9 Å². The van der Waals surface area contributed by atoms with E-state index in [0.717, 1.165) is 0 Å². The van der Waals surface area contributed by atoms with Gasteiger partial charge in [0.05, 0.1) is 19.8 Å². The first kappa shape index (κ1) is 13.9. The SMILES string of the molecule is COc1ccc(CO)cc1C(O)C(O)CCO. The number of hydrogen-bond acceptors (Lipinski definition) is 5. The van der Waals surface area contributed by atoms with Crippen molar-refractivity contribution in [2.45, 2.75) is 25.2 Å². The van der Waals surface area contributed by atoms with Crippen LogP contribution in [0.2, 0.25) is 0 Å². The number of rotatable bonds is 6. The number of hydrogen-bond donors (Lipinski definition) is 4. The Morgan fingerprint density at radius 3 is 2.47 bits per heavy atom. The summed E-state index contributed by atoms with van der Waals surface area (Å²) in [5, 5.41) is 37.3. The Morgan fingerprint density at radius 1 is 1.24 bits per heavy atom. The summed E-state index contributed by atoms with van der Waals surface area (Å²) in [7, 11) is 1.46. The number of methoxy groups -OCH3 is 1. The molecule has 2 unspecified atom stereocenters. The van der Waals surface area contributed by atoms with E-state index in [9.17, 15) is 10.2 Å². The molecule has 0 saturated carbocycles. The number of benzene rings is 1. The van der Waals surface area contributed by atoms with Crippen molar-refractivity contribution >= 4 is 0 Å². The third-order valence-corrected chi connectivity index (χ3v) is 2.58. The summed E-state index contributed by atoms with van der Waals surface area (Å²) in [5.74, 6) is 0.437. The van der Waals surface area contributed by atoms with Crippen LogP contribution in [0.5, 0.6) is 5.75 Å². The van der Waals surface area contributed by atoms with Gasteiger partial charge >= 0.3 is 0 Å². The molecule has 0 spiro atoms. The summed E-state index contributed by atoms with van der Waals surface area (Å²) in [4.78, 5) is 0. The van der Waals surface area contributed by atoms with Crippen LogP contribution in [-0.2, 0) is 6.61 Å². The Bertz CT molecular complexity index is 353. The van der Waals surface area contributed by atoms with Crippen molar-refractivity contribution in [3.63, 3.8) is 0 Å². The zero-order valence-electron chi connectivity index (χ0n) is 9.71. The van der Waals surface area contributed by atoms with E-state index in [2.05, 4.69) is 0 Å². The molecule has 0 aliphatic heterocycles. The molecule has 0 saturated heterocycles. The highest BCUT2D eigenvalue weighted by atomic mass is 16.5. The van der Waals surface area contributed by atoms with E-state index in [1.807, 2.05) is 0 Å². The maximum Gasteiger partial charge on any atom is 0.124 e. The molecule has 0 bridgehead atoms. The van der Waals surface area contributed by atoms with E-state index in [0.29, 0.717) is 16.9 Å². The maximum absolute atomic E-state index is 9.93. The first-order valence-corrected chi connectivity index (χ1v) is 5.38. The van der Waals surface area contributed by atoms with Gasteiger partial charge in [-0.2, -0.15) is 0 Å². The lowest BCUT2D eigenvalue weighted by molar-refractivity contribution is 0.00296. The predicted molar refractivity (Wildman–Crippen MR) is 61.6 cm³/mol. The van der Waals surface area contributed by atoms with Crippen molar-refractivity contribution in [3.8, 4) is 5.75 Å². The quantitative estimate of drug-likeness (QED) is 0.562. The van der Waals surface area contributed by atoms with Gasteiger partial charge in [-0.15, -0.1) is 0 Å². The highest BCUT2D eigenvalue weighted by Crippen LogP contribution is 2.29. The molecule has 17 heavy (non-hydrogen) atoms. The second-order valence-electron chi connectivity index (χ2n) is 3.76. The minimum atomic E-state index is -1.15. The minimum absolute atomic E-state index is 0.0771. The molecular formula is C12H18O5. The third kappa shape index (κ3) is 3.41. The van der Waals surface area contributed by atoms with Gasteiger partial charge in [0.1, 0.15) is 11.9 Å². The maximum atomic E-state index is 9.93. The topological polar surface area (TPSA) is 90.2 Å². The molecule has 2 atom stereocenters. The Balaban J connectivity index is 3.00. The molecule has 0 amide bonds. The van der Waals surface area contributed by atoms with Crippen molar-refractivity contribution in [1.82, 2.24) is 0 Å². The van der Waals surface area contributed by atoms with Gasteiger partial charge in [0.2, 0.25) is 0 Å². The van der Waals surface area contributed by atoms with Crippen LogP contribution in [0.4, 0.5) is 0 Å². The summed E-state index contributed by atoms with van der Waals surface area (Å²) in [5.41, 5.74) is 1.02. The molecule has 1 aromatic rings. The molecule has 5 heteroatoms. The van der Waals surface area contributed by atoms with E-state index < -0.39 is 12.2 Å². The molecule has 5 nitrogen and oxygen atoms in total. The molecule has 1 rings (SSSR count). The molecule has 0 radical (unpaired) electrons. The highest BCUT2D eigenvalue weighted by molar-refractivity contribution is 5.39.